The molecule has 0 bridgehead atoms. The van der Waals surface area contributed by atoms with Crippen LogP contribution in [0.4, 0.5) is 0 Å². The van der Waals surface area contributed by atoms with Crippen LogP contribution < -0.4 is 5.73 Å². The van der Waals surface area contributed by atoms with Crippen molar-refractivity contribution in [2.45, 2.75) is 24.0 Å². The quantitative estimate of drug-likeness (QED) is 0.270. The molecule has 0 aliphatic carbocycles. The number of hydrogen-bond donors (Lipinski definition) is 5. The molecule has 0 radical (unpaired) electrons. The third kappa shape index (κ3) is 1.45. The Bertz CT molecular complexity index is 162. The Morgan fingerprint density at radius 2 is 2.08 bits per heavy atom. The zero-order valence-corrected chi connectivity index (χ0v) is 6.42. The number of hydrogen-bond acceptors (Lipinski definition) is 6. The van der Waals surface area contributed by atoms with Gasteiger partial charge >= 0.3 is 0 Å². The molecule has 6 N–H and O–H groups in total. The van der Waals surface area contributed by atoms with E-state index in [2.05, 4.69) is 0 Å². The summed E-state index contributed by atoms with van der Waals surface area (Å²) in [6, 6.07) is 0. The Morgan fingerprint density at radius 1 is 1.50 bits per heavy atom. The minimum Gasteiger partial charge on any atom is -0.394 e. The van der Waals surface area contributed by atoms with Crippen molar-refractivity contribution < 1.29 is 25.2 Å². The molecule has 72 valence electrons. The average molecular weight is 179 g/mol. The van der Waals surface area contributed by atoms with Gasteiger partial charge in [-0.15, -0.1) is 0 Å². The van der Waals surface area contributed by atoms with Gasteiger partial charge in [0.05, 0.1) is 13.2 Å². The van der Waals surface area contributed by atoms with Crippen molar-refractivity contribution in [2.75, 3.05) is 13.2 Å². The van der Waals surface area contributed by atoms with Gasteiger partial charge in [-0.05, 0) is 0 Å². The molecule has 6 heteroatoms. The summed E-state index contributed by atoms with van der Waals surface area (Å²) in [5, 5.41) is 36.3. The van der Waals surface area contributed by atoms with Crippen LogP contribution in [0.1, 0.15) is 0 Å². The Balaban J connectivity index is 2.71. The first-order chi connectivity index (χ1) is 5.50. The fourth-order valence-electron chi connectivity index (χ4n) is 1.09. The van der Waals surface area contributed by atoms with E-state index in [-0.39, 0.29) is 6.61 Å². The summed E-state index contributed by atoms with van der Waals surface area (Å²) in [6.07, 6.45) is -3.76. The van der Waals surface area contributed by atoms with Crippen LogP contribution in [-0.2, 0) is 4.74 Å². The van der Waals surface area contributed by atoms with Gasteiger partial charge in [-0.2, -0.15) is 0 Å². The maximum absolute atomic E-state index is 9.30. The van der Waals surface area contributed by atoms with Crippen molar-refractivity contribution in [1.29, 1.82) is 0 Å². The lowest BCUT2D eigenvalue weighted by Gasteiger charge is -2.41. The molecule has 0 amide bonds. The van der Waals surface area contributed by atoms with Crippen LogP contribution in [0.2, 0.25) is 0 Å². The average Bonchev–Trinajstić information content (AvgIpc) is 2.02. The van der Waals surface area contributed by atoms with Crippen molar-refractivity contribution in [3.05, 3.63) is 0 Å². The Labute approximate surface area is 69.2 Å². The van der Waals surface area contributed by atoms with Gasteiger partial charge in [0.25, 0.3) is 0 Å². The first-order valence-corrected chi connectivity index (χ1v) is 3.60. The second-order valence-corrected chi connectivity index (χ2v) is 2.90. The minimum atomic E-state index is -2.11. The van der Waals surface area contributed by atoms with Crippen molar-refractivity contribution in [3.63, 3.8) is 0 Å². The highest BCUT2D eigenvalue weighted by Crippen LogP contribution is 2.20. The number of aliphatic hydroxyl groups excluding tert-OH is 3. The highest BCUT2D eigenvalue weighted by molar-refractivity contribution is 4.95. The molecule has 0 aromatic rings. The van der Waals surface area contributed by atoms with E-state index in [4.69, 9.17) is 20.7 Å². The van der Waals surface area contributed by atoms with Gasteiger partial charge in [-0.25, -0.2) is 0 Å². The van der Waals surface area contributed by atoms with Gasteiger partial charge in [-0.3, -0.25) is 5.73 Å². The van der Waals surface area contributed by atoms with Gasteiger partial charge in [0, 0.05) is 0 Å². The number of ether oxygens (including phenoxy) is 1. The molecule has 1 aliphatic heterocycles. The lowest BCUT2D eigenvalue weighted by atomic mass is 9.94. The van der Waals surface area contributed by atoms with Crippen molar-refractivity contribution >= 4 is 0 Å². The van der Waals surface area contributed by atoms with Crippen LogP contribution >= 0.6 is 0 Å². The second kappa shape index (κ2) is 3.25. The minimum absolute atomic E-state index is 0.199. The zero-order valence-electron chi connectivity index (χ0n) is 6.42. The van der Waals surface area contributed by atoms with Crippen LogP contribution in [0.25, 0.3) is 0 Å². The Kier molecular flexibility index (Phi) is 2.67. The van der Waals surface area contributed by atoms with Crippen LogP contribution in [0.5, 0.6) is 0 Å². The monoisotopic (exact) mass is 179 g/mol. The van der Waals surface area contributed by atoms with Gasteiger partial charge in [0.15, 0.2) is 5.72 Å². The highest BCUT2D eigenvalue weighted by atomic mass is 16.5. The van der Waals surface area contributed by atoms with Crippen LogP contribution in [-0.4, -0.2) is 57.7 Å². The highest BCUT2D eigenvalue weighted by Gasteiger charge is 2.47. The largest absolute Gasteiger partial charge is 0.394 e. The van der Waals surface area contributed by atoms with Gasteiger partial charge in [-0.1, -0.05) is 0 Å². The SMILES string of the molecule is N[C@]1(O)[C@H](O)[C@@H](CO)OC[C@@H]1O. The smallest absolute Gasteiger partial charge is 0.170 e. The van der Waals surface area contributed by atoms with Crippen molar-refractivity contribution in [3.8, 4) is 0 Å². The molecule has 0 unspecified atom stereocenters. The molecule has 1 heterocycles. The van der Waals surface area contributed by atoms with E-state index < -0.39 is 30.6 Å². The molecule has 0 spiro atoms. The molecule has 12 heavy (non-hydrogen) atoms. The summed E-state index contributed by atoms with van der Waals surface area (Å²) >= 11 is 0. The van der Waals surface area contributed by atoms with Gasteiger partial charge < -0.3 is 25.2 Å². The number of aliphatic hydroxyl groups is 4. The Hall–Kier alpha value is -0.240. The van der Waals surface area contributed by atoms with Gasteiger partial charge in [0.2, 0.25) is 0 Å². The standard InChI is InChI=1S/C6H13NO5/c7-6(11)4(9)2-12-3(1-8)5(6)10/h3-5,8-11H,1-2,7H2/t3-,4+,5-,6-/m1/s1. The third-order valence-corrected chi connectivity index (χ3v) is 2.01. The number of rotatable bonds is 1. The first-order valence-electron chi connectivity index (χ1n) is 3.60. The molecule has 1 aliphatic rings. The van der Waals surface area contributed by atoms with Gasteiger partial charge in [0.1, 0.15) is 18.3 Å². The lowest BCUT2D eigenvalue weighted by Crippen LogP contribution is -2.68. The van der Waals surface area contributed by atoms with E-state index in [0.29, 0.717) is 0 Å². The topological polar surface area (TPSA) is 116 Å². The molecule has 1 rings (SSSR count). The molecule has 0 aromatic heterocycles. The second-order valence-electron chi connectivity index (χ2n) is 2.90. The summed E-state index contributed by atoms with van der Waals surface area (Å²) in [7, 11) is 0. The van der Waals surface area contributed by atoms with Crippen LogP contribution in [0, 0.1) is 0 Å². The van der Waals surface area contributed by atoms with E-state index in [1.165, 1.54) is 0 Å². The molecule has 0 saturated carbocycles. The summed E-state index contributed by atoms with van der Waals surface area (Å²) in [6.45, 7) is -0.650. The fraction of sp³-hybridized carbons (Fsp3) is 1.00. The van der Waals surface area contributed by atoms with E-state index in [1.54, 1.807) is 0 Å². The molecule has 6 nitrogen and oxygen atoms in total. The Morgan fingerprint density at radius 3 is 2.58 bits per heavy atom. The van der Waals surface area contributed by atoms with Crippen LogP contribution in [0.15, 0.2) is 0 Å². The van der Waals surface area contributed by atoms with E-state index in [1.807, 2.05) is 0 Å². The molecule has 1 saturated heterocycles. The fourth-order valence-corrected chi connectivity index (χ4v) is 1.09. The predicted molar refractivity (Wildman–Crippen MR) is 38.0 cm³/mol. The molecule has 1 fully saturated rings. The predicted octanol–water partition coefficient (Wildman–Crippen LogP) is -3.25. The number of nitrogens with two attached hydrogens (primary N) is 1. The maximum atomic E-state index is 9.30. The normalized spacial score (nSPS) is 49.2. The summed E-state index contributed by atoms with van der Waals surface area (Å²) in [5.41, 5.74) is 3.09. The van der Waals surface area contributed by atoms with Crippen molar-refractivity contribution in [1.82, 2.24) is 0 Å². The molecular formula is C6H13NO5. The third-order valence-electron chi connectivity index (χ3n) is 2.01. The summed E-state index contributed by atoms with van der Waals surface area (Å²) < 4.78 is 4.80. The van der Waals surface area contributed by atoms with E-state index in [9.17, 15) is 10.2 Å². The zero-order chi connectivity index (χ0) is 9.35. The molecule has 4 atom stereocenters. The van der Waals surface area contributed by atoms with E-state index in [0.717, 1.165) is 0 Å². The summed E-state index contributed by atoms with van der Waals surface area (Å²) in [4.78, 5) is 0. The molecular weight excluding hydrogens is 166 g/mol. The lowest BCUT2D eigenvalue weighted by molar-refractivity contribution is -0.244. The van der Waals surface area contributed by atoms with Crippen molar-refractivity contribution in [2.24, 2.45) is 5.73 Å². The summed E-state index contributed by atoms with van der Waals surface area (Å²) in [5.74, 6) is 0. The molecule has 0 aromatic carbocycles. The van der Waals surface area contributed by atoms with Crippen LogP contribution in [0.3, 0.4) is 0 Å². The maximum Gasteiger partial charge on any atom is 0.170 e. The van der Waals surface area contributed by atoms with E-state index >= 15 is 0 Å². The first kappa shape index (κ1) is 9.85.